The number of fused-ring (bicyclic) bond motifs is 2. The molecule has 1 spiro atoms. The Morgan fingerprint density at radius 3 is 2.33 bits per heavy atom. The number of piperidine rings is 1. The molecular formula is C33H32Cl2FN3O8S. The van der Waals surface area contributed by atoms with E-state index in [9.17, 15) is 37.1 Å². The highest BCUT2D eigenvalue weighted by molar-refractivity contribution is 7.89. The molecule has 0 aliphatic carbocycles. The molecule has 5 rings (SSSR count). The number of rotatable bonds is 8. The van der Waals surface area contributed by atoms with E-state index in [4.69, 9.17) is 27.9 Å². The number of anilines is 1. The number of carbonyl (C=O) groups excluding carboxylic acids is 3. The van der Waals surface area contributed by atoms with Crippen molar-refractivity contribution in [3.8, 4) is 5.75 Å². The van der Waals surface area contributed by atoms with Gasteiger partial charge in [-0.2, -0.15) is 0 Å². The summed E-state index contributed by atoms with van der Waals surface area (Å²) in [5.74, 6) is -4.29. The largest absolute Gasteiger partial charge is 0.477 e. The fourth-order valence-electron chi connectivity index (χ4n) is 6.86. The van der Waals surface area contributed by atoms with E-state index in [1.807, 2.05) is 4.72 Å². The number of halogens is 3. The summed E-state index contributed by atoms with van der Waals surface area (Å²) in [6.45, 7) is 4.93. The summed E-state index contributed by atoms with van der Waals surface area (Å²) in [7, 11) is -3.99. The summed E-state index contributed by atoms with van der Waals surface area (Å²) in [4.78, 5) is 55.2. The van der Waals surface area contributed by atoms with Gasteiger partial charge in [-0.1, -0.05) is 49.2 Å². The molecule has 254 valence electrons. The molecule has 0 unspecified atom stereocenters. The van der Waals surface area contributed by atoms with E-state index in [1.165, 1.54) is 54.6 Å². The van der Waals surface area contributed by atoms with Gasteiger partial charge in [0.2, 0.25) is 21.8 Å². The molecule has 48 heavy (non-hydrogen) atoms. The first-order valence-electron chi connectivity index (χ1n) is 14.9. The Labute approximate surface area is 286 Å². The molecule has 2 aliphatic rings. The van der Waals surface area contributed by atoms with E-state index < -0.39 is 62.6 Å². The van der Waals surface area contributed by atoms with E-state index >= 15 is 0 Å². The minimum atomic E-state index is -3.99. The number of aryl methyl sites for hydroxylation is 1. The zero-order valence-electron chi connectivity index (χ0n) is 26.3. The van der Waals surface area contributed by atoms with Crippen molar-refractivity contribution in [3.05, 3.63) is 92.7 Å². The lowest BCUT2D eigenvalue weighted by molar-refractivity contribution is -0.136. The van der Waals surface area contributed by atoms with Crippen molar-refractivity contribution in [3.63, 3.8) is 0 Å². The summed E-state index contributed by atoms with van der Waals surface area (Å²) < 4.78 is 47.3. The topological polar surface area (TPSA) is 159 Å². The number of amides is 4. The molecule has 2 aliphatic heterocycles. The van der Waals surface area contributed by atoms with Crippen LogP contribution in [0.4, 0.5) is 14.9 Å². The van der Waals surface area contributed by atoms with Crippen LogP contribution in [0.2, 0.25) is 10.0 Å². The van der Waals surface area contributed by atoms with E-state index in [0.29, 0.717) is 10.5 Å². The molecule has 1 fully saturated rings. The van der Waals surface area contributed by atoms with Crippen LogP contribution in [0.15, 0.2) is 54.6 Å². The first-order valence-corrected chi connectivity index (χ1v) is 17.6. The number of carbonyl (C=O) groups is 4. The van der Waals surface area contributed by atoms with Crippen LogP contribution in [-0.2, 0) is 29.8 Å². The second-order valence-corrected chi connectivity index (χ2v) is 14.5. The van der Waals surface area contributed by atoms with Gasteiger partial charge in [0, 0.05) is 27.9 Å². The Hall–Kier alpha value is -4.20. The molecular weight excluding hydrogens is 688 g/mol. The number of nitrogens with one attached hydrogen (secondary N) is 2. The number of hydrogen-bond donors (Lipinski definition) is 3. The van der Waals surface area contributed by atoms with Gasteiger partial charge < -0.3 is 15.2 Å². The average Bonchev–Trinajstić information content (AvgIpc) is 3.25. The van der Waals surface area contributed by atoms with Crippen molar-refractivity contribution in [2.24, 2.45) is 0 Å². The molecule has 15 heteroatoms. The number of nitrogens with zero attached hydrogens (tertiary/aromatic N) is 1. The minimum absolute atomic E-state index is 0.00220. The number of sulfonamides is 1. The predicted molar refractivity (Wildman–Crippen MR) is 176 cm³/mol. The van der Waals surface area contributed by atoms with Gasteiger partial charge in [-0.25, -0.2) is 27.2 Å². The molecule has 2 heterocycles. The third-order valence-corrected chi connectivity index (χ3v) is 10.2. The van der Waals surface area contributed by atoms with Gasteiger partial charge >= 0.3 is 6.09 Å². The first-order chi connectivity index (χ1) is 22.5. The number of hydrogen-bond acceptors (Lipinski definition) is 7. The zero-order valence-corrected chi connectivity index (χ0v) is 28.6. The summed E-state index contributed by atoms with van der Waals surface area (Å²) in [6.07, 6.45) is -1.13. The van der Waals surface area contributed by atoms with Crippen LogP contribution in [-0.4, -0.2) is 49.2 Å². The third-order valence-electron chi connectivity index (χ3n) is 9.13. The fraction of sp³-hybridized carbons (Fsp3) is 0.333. The Balaban J connectivity index is 1.84. The molecule has 0 radical (unpaired) electrons. The number of imide groups is 1. The van der Waals surface area contributed by atoms with Crippen molar-refractivity contribution in [1.82, 2.24) is 10.0 Å². The SMILES string of the molecule is CCC(CC)(Oc1ccc(Cl)cc1[C@H]1CC(=O)N[C@@H](c2cc(F)ccc2C)[C@]12C(=O)N(C(=O)O)c1cc(Cl)ccc12)C(=O)NS(C)(=O)=O. The van der Waals surface area contributed by atoms with Crippen molar-refractivity contribution in [2.45, 2.75) is 63.0 Å². The van der Waals surface area contributed by atoms with Gasteiger partial charge in [0.25, 0.3) is 5.91 Å². The average molecular weight is 721 g/mol. The molecule has 0 bridgehead atoms. The molecule has 0 aromatic heterocycles. The lowest BCUT2D eigenvalue weighted by atomic mass is 9.58. The molecule has 3 N–H and O–H groups in total. The maximum atomic E-state index is 14.9. The summed E-state index contributed by atoms with van der Waals surface area (Å²) >= 11 is 12.8. The van der Waals surface area contributed by atoms with Gasteiger partial charge in [-0.3, -0.25) is 14.4 Å². The number of ether oxygens (including phenoxy) is 1. The van der Waals surface area contributed by atoms with Crippen LogP contribution in [0.1, 0.15) is 67.3 Å². The Bertz CT molecular complexity index is 1970. The summed E-state index contributed by atoms with van der Waals surface area (Å²) in [5, 5.41) is 13.5. The highest BCUT2D eigenvalue weighted by Crippen LogP contribution is 2.61. The van der Waals surface area contributed by atoms with Crippen LogP contribution in [0.3, 0.4) is 0 Å². The predicted octanol–water partition coefficient (Wildman–Crippen LogP) is 5.76. The standard InChI is InChI=1S/C33H32Cl2FN3O8S/c1-5-32(6-2,29(41)38-48(4,45)46)47-26-12-9-18(34)13-22(26)24-16-27(40)37-28(21-15-20(36)10-7-17(21)3)33(24)23-11-8-19(35)14-25(23)39(30(33)42)31(43)44/h7-15,24,28H,5-6,16H2,1-4H3,(H,37,40)(H,38,41)(H,43,44)/t24-,28+,33-/m1/s1. The van der Waals surface area contributed by atoms with Crippen molar-refractivity contribution < 1.29 is 41.8 Å². The highest BCUT2D eigenvalue weighted by atomic mass is 35.5. The van der Waals surface area contributed by atoms with Crippen LogP contribution in [0, 0.1) is 12.7 Å². The second kappa shape index (κ2) is 12.7. The van der Waals surface area contributed by atoms with Crippen LogP contribution in [0.5, 0.6) is 5.75 Å². The molecule has 3 atom stereocenters. The lowest BCUT2D eigenvalue weighted by Crippen LogP contribution is -2.59. The molecule has 3 aromatic rings. The van der Waals surface area contributed by atoms with Gasteiger partial charge in [0.05, 0.1) is 18.0 Å². The minimum Gasteiger partial charge on any atom is -0.477 e. The van der Waals surface area contributed by atoms with E-state index in [0.717, 1.165) is 6.26 Å². The molecule has 4 amide bonds. The van der Waals surface area contributed by atoms with Crippen LogP contribution < -0.4 is 19.7 Å². The van der Waals surface area contributed by atoms with Gasteiger partial charge in [-0.15, -0.1) is 0 Å². The third kappa shape index (κ3) is 5.88. The zero-order chi connectivity index (χ0) is 35.3. The molecule has 11 nitrogen and oxygen atoms in total. The highest BCUT2D eigenvalue weighted by Gasteiger charge is 2.65. The van der Waals surface area contributed by atoms with E-state index in [2.05, 4.69) is 5.32 Å². The monoisotopic (exact) mass is 719 g/mol. The molecule has 0 saturated carbocycles. The quantitative estimate of drug-likeness (QED) is 0.265. The summed E-state index contributed by atoms with van der Waals surface area (Å²) in [6, 6.07) is 11.2. The van der Waals surface area contributed by atoms with Crippen LogP contribution >= 0.6 is 23.2 Å². The number of benzene rings is 3. The van der Waals surface area contributed by atoms with Crippen LogP contribution in [0.25, 0.3) is 0 Å². The lowest BCUT2D eigenvalue weighted by Gasteiger charge is -2.47. The maximum absolute atomic E-state index is 14.9. The van der Waals surface area contributed by atoms with Gasteiger partial charge in [0.1, 0.15) is 17.0 Å². The van der Waals surface area contributed by atoms with Gasteiger partial charge in [-0.05, 0) is 78.9 Å². The van der Waals surface area contributed by atoms with Crippen molar-refractivity contribution in [1.29, 1.82) is 0 Å². The van der Waals surface area contributed by atoms with Crippen molar-refractivity contribution in [2.75, 3.05) is 11.2 Å². The Morgan fingerprint density at radius 1 is 1.06 bits per heavy atom. The van der Waals surface area contributed by atoms with E-state index in [1.54, 1.807) is 20.8 Å². The molecule has 1 saturated heterocycles. The smallest absolute Gasteiger partial charge is 0.418 e. The second-order valence-electron chi connectivity index (χ2n) is 11.9. The van der Waals surface area contributed by atoms with Crippen molar-refractivity contribution >= 4 is 62.7 Å². The van der Waals surface area contributed by atoms with Gasteiger partial charge in [0.15, 0.2) is 5.60 Å². The first kappa shape index (κ1) is 35.1. The maximum Gasteiger partial charge on any atom is 0.418 e. The molecule has 3 aromatic carbocycles. The number of carboxylic acid groups (broad SMARTS) is 1. The van der Waals surface area contributed by atoms with E-state index in [-0.39, 0.29) is 57.4 Å². The summed E-state index contributed by atoms with van der Waals surface area (Å²) in [5.41, 5.74) is -2.63. The Kier molecular flexibility index (Phi) is 9.28. The normalized spacial score (nSPS) is 20.8. The Morgan fingerprint density at radius 2 is 1.71 bits per heavy atom. The fourth-order valence-corrected chi connectivity index (χ4v) is 7.72.